The summed E-state index contributed by atoms with van der Waals surface area (Å²) in [6.45, 7) is 4.64. The van der Waals surface area contributed by atoms with E-state index >= 15 is 0 Å². The highest BCUT2D eigenvalue weighted by atomic mass is 35.5. The molecule has 20 heavy (non-hydrogen) atoms. The molecule has 0 saturated heterocycles. The van der Waals surface area contributed by atoms with Crippen LogP contribution in [0.2, 0.25) is 5.02 Å². The van der Waals surface area contributed by atoms with Crippen molar-refractivity contribution in [3.63, 3.8) is 0 Å². The SMILES string of the molecule is CNC1CC(C)(C)Cc2c1cnn2-c1ccc(Cl)cc1. The Hall–Kier alpha value is -1.32. The van der Waals surface area contributed by atoms with Crippen molar-refractivity contribution in [3.05, 3.63) is 46.7 Å². The predicted molar refractivity (Wildman–Crippen MR) is 82.5 cm³/mol. The van der Waals surface area contributed by atoms with Gasteiger partial charge in [-0.3, -0.25) is 0 Å². The van der Waals surface area contributed by atoms with Crippen LogP contribution < -0.4 is 5.32 Å². The van der Waals surface area contributed by atoms with Crippen molar-refractivity contribution in [3.8, 4) is 5.69 Å². The molecule has 3 rings (SSSR count). The van der Waals surface area contributed by atoms with Crippen molar-refractivity contribution in [1.82, 2.24) is 15.1 Å². The van der Waals surface area contributed by atoms with Crippen molar-refractivity contribution < 1.29 is 0 Å². The summed E-state index contributed by atoms with van der Waals surface area (Å²) < 4.78 is 2.05. The molecule has 1 N–H and O–H groups in total. The van der Waals surface area contributed by atoms with Crippen LogP contribution >= 0.6 is 11.6 Å². The van der Waals surface area contributed by atoms with Gasteiger partial charge in [0, 0.05) is 22.3 Å². The van der Waals surface area contributed by atoms with Crippen LogP contribution in [0.15, 0.2) is 30.5 Å². The highest BCUT2D eigenvalue weighted by Gasteiger charge is 2.34. The molecule has 1 aromatic heterocycles. The molecule has 1 aromatic carbocycles. The second-order valence-electron chi connectivity index (χ2n) is 6.32. The monoisotopic (exact) mass is 289 g/mol. The molecule has 0 radical (unpaired) electrons. The van der Waals surface area contributed by atoms with Crippen LogP contribution in [0, 0.1) is 5.41 Å². The van der Waals surface area contributed by atoms with Gasteiger partial charge in [0.15, 0.2) is 0 Å². The lowest BCUT2D eigenvalue weighted by Gasteiger charge is -2.35. The topological polar surface area (TPSA) is 29.9 Å². The fourth-order valence-electron chi connectivity index (χ4n) is 3.10. The quantitative estimate of drug-likeness (QED) is 0.912. The number of halogens is 1. The molecule has 0 spiro atoms. The van der Waals surface area contributed by atoms with Gasteiger partial charge in [-0.25, -0.2) is 4.68 Å². The number of benzene rings is 1. The second-order valence-corrected chi connectivity index (χ2v) is 6.76. The van der Waals surface area contributed by atoms with Gasteiger partial charge in [-0.1, -0.05) is 25.4 Å². The summed E-state index contributed by atoms with van der Waals surface area (Å²) >= 11 is 5.97. The van der Waals surface area contributed by atoms with Crippen molar-refractivity contribution in [2.75, 3.05) is 7.05 Å². The van der Waals surface area contributed by atoms with Crippen molar-refractivity contribution in [2.45, 2.75) is 32.7 Å². The molecular weight excluding hydrogens is 270 g/mol. The molecule has 1 heterocycles. The van der Waals surface area contributed by atoms with Crippen LogP contribution in [0.25, 0.3) is 5.69 Å². The van der Waals surface area contributed by atoms with E-state index in [4.69, 9.17) is 11.6 Å². The van der Waals surface area contributed by atoms with Gasteiger partial charge >= 0.3 is 0 Å². The van der Waals surface area contributed by atoms with Crippen LogP contribution in [0.4, 0.5) is 0 Å². The number of rotatable bonds is 2. The van der Waals surface area contributed by atoms with Crippen LogP contribution in [0.3, 0.4) is 0 Å². The maximum absolute atomic E-state index is 5.97. The molecule has 106 valence electrons. The maximum atomic E-state index is 5.97. The Morgan fingerprint density at radius 3 is 2.65 bits per heavy atom. The molecule has 3 nitrogen and oxygen atoms in total. The van der Waals surface area contributed by atoms with Gasteiger partial charge in [0.2, 0.25) is 0 Å². The number of nitrogens with zero attached hydrogens (tertiary/aromatic N) is 2. The molecule has 4 heteroatoms. The summed E-state index contributed by atoms with van der Waals surface area (Å²) in [5.74, 6) is 0. The third kappa shape index (κ3) is 2.36. The summed E-state index contributed by atoms with van der Waals surface area (Å²) in [6, 6.07) is 8.25. The Balaban J connectivity index is 2.08. The maximum Gasteiger partial charge on any atom is 0.0649 e. The lowest BCUT2D eigenvalue weighted by molar-refractivity contribution is 0.260. The molecule has 0 saturated carbocycles. The number of nitrogens with one attached hydrogen (secondary N) is 1. The van der Waals surface area contributed by atoms with Gasteiger partial charge < -0.3 is 5.32 Å². The first kappa shape index (κ1) is 13.7. The van der Waals surface area contributed by atoms with Crippen molar-refractivity contribution >= 4 is 11.6 Å². The van der Waals surface area contributed by atoms with Crippen LogP contribution in [-0.4, -0.2) is 16.8 Å². The highest BCUT2D eigenvalue weighted by Crippen LogP contribution is 2.41. The van der Waals surface area contributed by atoms with E-state index in [1.165, 1.54) is 11.3 Å². The third-order valence-corrected chi connectivity index (χ3v) is 4.35. The van der Waals surface area contributed by atoms with Gasteiger partial charge in [0.25, 0.3) is 0 Å². The molecule has 1 atom stereocenters. The number of fused-ring (bicyclic) bond motifs is 1. The molecule has 1 unspecified atom stereocenters. The van der Waals surface area contributed by atoms with Gasteiger partial charge in [0.1, 0.15) is 0 Å². The summed E-state index contributed by atoms with van der Waals surface area (Å²) in [7, 11) is 2.02. The van der Waals surface area contributed by atoms with E-state index in [0.717, 1.165) is 23.6 Å². The summed E-state index contributed by atoms with van der Waals surface area (Å²) in [5, 5.41) is 8.76. The van der Waals surface area contributed by atoms with Crippen LogP contribution in [0.1, 0.15) is 37.6 Å². The van der Waals surface area contributed by atoms with Gasteiger partial charge in [-0.2, -0.15) is 5.10 Å². The lowest BCUT2D eigenvalue weighted by atomic mass is 9.74. The first-order chi connectivity index (χ1) is 9.50. The molecule has 0 fully saturated rings. The third-order valence-electron chi connectivity index (χ3n) is 4.10. The first-order valence-electron chi connectivity index (χ1n) is 7.00. The average Bonchev–Trinajstić information content (AvgIpc) is 2.81. The fraction of sp³-hybridized carbons (Fsp3) is 0.438. The van der Waals surface area contributed by atoms with Gasteiger partial charge in [-0.15, -0.1) is 0 Å². The summed E-state index contributed by atoms with van der Waals surface area (Å²) in [5.41, 5.74) is 3.98. The van der Waals surface area contributed by atoms with Gasteiger partial charge in [-0.05, 0) is 49.6 Å². The van der Waals surface area contributed by atoms with E-state index in [2.05, 4.69) is 28.9 Å². The normalized spacial score (nSPS) is 20.7. The van der Waals surface area contributed by atoms with E-state index in [9.17, 15) is 0 Å². The minimum absolute atomic E-state index is 0.283. The van der Waals surface area contributed by atoms with Crippen LogP contribution in [0.5, 0.6) is 0 Å². The highest BCUT2D eigenvalue weighted by molar-refractivity contribution is 6.30. The second kappa shape index (κ2) is 4.90. The minimum Gasteiger partial charge on any atom is -0.313 e. The fourth-order valence-corrected chi connectivity index (χ4v) is 3.23. The van der Waals surface area contributed by atoms with Crippen molar-refractivity contribution in [2.24, 2.45) is 5.41 Å². The first-order valence-corrected chi connectivity index (χ1v) is 7.38. The van der Waals surface area contributed by atoms with Crippen LogP contribution in [-0.2, 0) is 6.42 Å². The molecule has 0 bridgehead atoms. The Morgan fingerprint density at radius 2 is 2.00 bits per heavy atom. The Kier molecular flexibility index (Phi) is 3.35. The predicted octanol–water partition coefficient (Wildman–Crippen LogP) is 3.76. The molecular formula is C16H20ClN3. The Labute approximate surface area is 124 Å². The van der Waals surface area contributed by atoms with E-state index in [1.807, 2.05) is 37.5 Å². The Bertz CT molecular complexity index is 613. The lowest BCUT2D eigenvalue weighted by Crippen LogP contribution is -2.32. The molecule has 1 aliphatic rings. The van der Waals surface area contributed by atoms with E-state index in [-0.39, 0.29) is 5.41 Å². The van der Waals surface area contributed by atoms with E-state index < -0.39 is 0 Å². The molecule has 2 aromatic rings. The summed E-state index contributed by atoms with van der Waals surface area (Å²) in [6.07, 6.45) is 4.19. The zero-order valence-corrected chi connectivity index (χ0v) is 12.9. The van der Waals surface area contributed by atoms with Gasteiger partial charge in [0.05, 0.1) is 11.9 Å². The minimum atomic E-state index is 0.283. The zero-order chi connectivity index (χ0) is 14.3. The largest absolute Gasteiger partial charge is 0.313 e. The standard InChI is InChI=1S/C16H20ClN3/c1-16(2)8-14(18-3)13-10-19-20(15(13)9-16)12-6-4-11(17)5-7-12/h4-7,10,14,18H,8-9H2,1-3H3. The average molecular weight is 290 g/mol. The zero-order valence-electron chi connectivity index (χ0n) is 12.2. The molecule has 1 aliphatic carbocycles. The Morgan fingerprint density at radius 1 is 1.30 bits per heavy atom. The van der Waals surface area contributed by atoms with E-state index in [0.29, 0.717) is 6.04 Å². The number of hydrogen-bond acceptors (Lipinski definition) is 2. The molecule has 0 aliphatic heterocycles. The number of hydrogen-bond donors (Lipinski definition) is 1. The number of aromatic nitrogens is 2. The summed E-state index contributed by atoms with van der Waals surface area (Å²) in [4.78, 5) is 0. The smallest absolute Gasteiger partial charge is 0.0649 e. The van der Waals surface area contributed by atoms with Crippen molar-refractivity contribution in [1.29, 1.82) is 0 Å². The van der Waals surface area contributed by atoms with E-state index in [1.54, 1.807) is 0 Å². The molecule has 0 amide bonds.